The number of pyridine rings is 1. The van der Waals surface area contributed by atoms with Crippen LogP contribution >= 0.6 is 11.6 Å². The van der Waals surface area contributed by atoms with Gasteiger partial charge in [0.2, 0.25) is 5.91 Å². The van der Waals surface area contributed by atoms with Crippen molar-refractivity contribution in [1.29, 1.82) is 5.26 Å². The van der Waals surface area contributed by atoms with Gasteiger partial charge < -0.3 is 24.2 Å². The zero-order valence-electron chi connectivity index (χ0n) is 20.8. The smallest absolute Gasteiger partial charge is 0.410 e. The number of hydrogen-bond acceptors (Lipinski definition) is 7. The SMILES string of the molecule is CN(C(=O)OC1COC1)C1CN(C(=O)C2CCN(c3ccc(C#N)cn3)CC2)CC1c1ccc(Cl)cc1. The van der Waals surface area contributed by atoms with E-state index >= 15 is 0 Å². The second-order valence-electron chi connectivity index (χ2n) is 9.90. The largest absolute Gasteiger partial charge is 0.441 e. The van der Waals surface area contributed by atoms with E-state index in [-0.39, 0.29) is 29.9 Å². The maximum Gasteiger partial charge on any atom is 0.410 e. The van der Waals surface area contributed by atoms with Gasteiger partial charge in [0.1, 0.15) is 11.9 Å². The topological polar surface area (TPSA) is 99.0 Å². The third kappa shape index (κ3) is 5.50. The van der Waals surface area contributed by atoms with Gasteiger partial charge in [0.25, 0.3) is 0 Å². The minimum absolute atomic E-state index is 0.0423. The van der Waals surface area contributed by atoms with E-state index in [9.17, 15) is 9.59 Å². The summed E-state index contributed by atoms with van der Waals surface area (Å²) in [6.45, 7) is 3.28. The zero-order valence-corrected chi connectivity index (χ0v) is 21.5. The molecule has 4 heterocycles. The number of amides is 2. The number of carbonyl (C=O) groups is 2. The summed E-state index contributed by atoms with van der Waals surface area (Å²) in [7, 11) is 1.74. The molecule has 5 rings (SSSR count). The fraction of sp³-hybridized carbons (Fsp3) is 0.481. The van der Waals surface area contributed by atoms with Crippen molar-refractivity contribution in [3.05, 3.63) is 58.7 Å². The number of likely N-dealkylation sites (N-methyl/N-ethyl adjacent to an activating group) is 1. The maximum atomic E-state index is 13.6. The highest BCUT2D eigenvalue weighted by Gasteiger charge is 2.43. The van der Waals surface area contributed by atoms with Crippen LogP contribution in [0, 0.1) is 17.2 Å². The summed E-state index contributed by atoms with van der Waals surface area (Å²) >= 11 is 6.12. The Morgan fingerprint density at radius 2 is 1.86 bits per heavy atom. The van der Waals surface area contributed by atoms with Crippen LogP contribution in [0.15, 0.2) is 42.6 Å². The molecule has 3 saturated heterocycles. The minimum Gasteiger partial charge on any atom is -0.441 e. The lowest BCUT2D eigenvalue weighted by atomic mass is 9.93. The lowest BCUT2D eigenvalue weighted by Gasteiger charge is -2.34. The molecule has 37 heavy (non-hydrogen) atoms. The van der Waals surface area contributed by atoms with Gasteiger partial charge in [0, 0.05) is 56.3 Å². The number of carbonyl (C=O) groups excluding carboxylic acids is 2. The van der Waals surface area contributed by atoms with E-state index in [1.165, 1.54) is 0 Å². The highest BCUT2D eigenvalue weighted by Crippen LogP contribution is 2.34. The lowest BCUT2D eigenvalue weighted by molar-refractivity contribution is -0.135. The molecular weight excluding hydrogens is 494 g/mol. The van der Waals surface area contributed by atoms with Gasteiger partial charge in [-0.15, -0.1) is 0 Å². The average Bonchev–Trinajstić information content (AvgIpc) is 3.36. The highest BCUT2D eigenvalue weighted by molar-refractivity contribution is 6.30. The number of ether oxygens (including phenoxy) is 2. The van der Waals surface area contributed by atoms with Crippen LogP contribution in [-0.2, 0) is 14.3 Å². The van der Waals surface area contributed by atoms with Crippen molar-refractivity contribution in [3.8, 4) is 6.07 Å². The third-order valence-corrected chi connectivity index (χ3v) is 7.86. The van der Waals surface area contributed by atoms with Gasteiger partial charge in [-0.05, 0) is 42.7 Å². The van der Waals surface area contributed by atoms with Gasteiger partial charge in [0.05, 0.1) is 24.8 Å². The van der Waals surface area contributed by atoms with Gasteiger partial charge in [-0.2, -0.15) is 5.26 Å². The third-order valence-electron chi connectivity index (χ3n) is 7.60. The summed E-state index contributed by atoms with van der Waals surface area (Å²) in [5.74, 6) is 0.831. The van der Waals surface area contributed by atoms with Crippen molar-refractivity contribution < 1.29 is 19.1 Å². The molecule has 9 nitrogen and oxygen atoms in total. The lowest BCUT2D eigenvalue weighted by Crippen LogP contribution is -2.47. The zero-order chi connectivity index (χ0) is 25.9. The van der Waals surface area contributed by atoms with Crippen molar-refractivity contribution in [2.24, 2.45) is 5.92 Å². The van der Waals surface area contributed by atoms with Gasteiger partial charge >= 0.3 is 6.09 Å². The standard InChI is InChI=1S/C27H30ClN5O4/c1-31(27(35)37-22-16-36-17-22)24-15-33(14-23(24)19-3-5-21(28)6-4-19)26(34)20-8-10-32(11-9-20)25-7-2-18(12-29)13-30-25/h2-7,13,20,22-24H,8-11,14-17H2,1H3. The molecule has 2 atom stereocenters. The first-order chi connectivity index (χ1) is 17.9. The fourth-order valence-corrected chi connectivity index (χ4v) is 5.42. The summed E-state index contributed by atoms with van der Waals surface area (Å²) in [4.78, 5) is 36.5. The van der Waals surface area contributed by atoms with Crippen molar-refractivity contribution in [2.45, 2.75) is 30.9 Å². The Morgan fingerprint density at radius 3 is 2.46 bits per heavy atom. The Balaban J connectivity index is 1.25. The summed E-state index contributed by atoms with van der Waals surface area (Å²) in [6.07, 6.45) is 2.43. The van der Waals surface area contributed by atoms with Gasteiger partial charge in [-0.1, -0.05) is 23.7 Å². The molecule has 1 aromatic carbocycles. The normalized spacial score (nSPS) is 22.3. The van der Waals surface area contributed by atoms with Gasteiger partial charge in [-0.25, -0.2) is 9.78 Å². The second-order valence-corrected chi connectivity index (χ2v) is 10.3. The molecule has 194 valence electrons. The van der Waals surface area contributed by atoms with Crippen molar-refractivity contribution in [3.63, 3.8) is 0 Å². The Hall–Kier alpha value is -3.35. The van der Waals surface area contributed by atoms with Crippen LogP contribution in [0.3, 0.4) is 0 Å². The van der Waals surface area contributed by atoms with Crippen LogP contribution in [0.2, 0.25) is 5.02 Å². The first-order valence-corrected chi connectivity index (χ1v) is 13.0. The van der Waals surface area contributed by atoms with Crippen molar-refractivity contribution >= 4 is 29.4 Å². The molecule has 10 heteroatoms. The Labute approximate surface area is 221 Å². The first kappa shape index (κ1) is 25.3. The minimum atomic E-state index is -0.394. The van der Waals surface area contributed by atoms with E-state index in [1.807, 2.05) is 35.2 Å². The molecule has 3 aliphatic heterocycles. The van der Waals surface area contributed by atoms with E-state index in [4.69, 9.17) is 26.3 Å². The van der Waals surface area contributed by atoms with E-state index in [2.05, 4.69) is 16.0 Å². The number of piperidine rings is 1. The molecule has 3 aliphatic rings. The quantitative estimate of drug-likeness (QED) is 0.593. The van der Waals surface area contributed by atoms with Crippen molar-refractivity contribution in [2.75, 3.05) is 51.3 Å². The molecule has 3 fully saturated rings. The molecule has 0 bridgehead atoms. The molecule has 0 spiro atoms. The number of hydrogen-bond donors (Lipinski definition) is 0. The molecular formula is C27H30ClN5O4. The van der Waals surface area contributed by atoms with E-state index in [0.29, 0.717) is 36.9 Å². The van der Waals surface area contributed by atoms with Gasteiger partial charge in [-0.3, -0.25) is 4.79 Å². The Morgan fingerprint density at radius 1 is 1.14 bits per heavy atom. The molecule has 2 aromatic rings. The number of likely N-dealkylation sites (tertiary alicyclic amines) is 1. The van der Waals surface area contributed by atoms with E-state index < -0.39 is 6.09 Å². The number of benzene rings is 1. The van der Waals surface area contributed by atoms with Crippen LogP contribution in [0.5, 0.6) is 0 Å². The molecule has 0 N–H and O–H groups in total. The molecule has 0 aliphatic carbocycles. The first-order valence-electron chi connectivity index (χ1n) is 12.6. The number of aromatic nitrogens is 1. The molecule has 1 aromatic heterocycles. The van der Waals surface area contributed by atoms with Crippen LogP contribution in [0.1, 0.15) is 29.9 Å². The van der Waals surface area contributed by atoms with E-state index in [0.717, 1.165) is 37.3 Å². The summed E-state index contributed by atoms with van der Waals surface area (Å²) in [5, 5.41) is 9.64. The van der Waals surface area contributed by atoms with Crippen LogP contribution in [0.4, 0.5) is 10.6 Å². The monoisotopic (exact) mass is 523 g/mol. The molecule has 0 saturated carbocycles. The second kappa shape index (κ2) is 11.0. The predicted molar refractivity (Wildman–Crippen MR) is 137 cm³/mol. The maximum absolute atomic E-state index is 13.6. The number of rotatable bonds is 5. The molecule has 2 amide bonds. The number of nitrogens with zero attached hydrogens (tertiary/aromatic N) is 5. The Bertz CT molecular complexity index is 1160. The number of anilines is 1. The van der Waals surface area contributed by atoms with Crippen LogP contribution in [-0.4, -0.2) is 85.4 Å². The number of nitriles is 1. The van der Waals surface area contributed by atoms with Crippen LogP contribution in [0.25, 0.3) is 0 Å². The van der Waals surface area contributed by atoms with Crippen LogP contribution < -0.4 is 4.90 Å². The van der Waals surface area contributed by atoms with E-state index in [1.54, 1.807) is 24.2 Å². The average molecular weight is 524 g/mol. The highest BCUT2D eigenvalue weighted by atomic mass is 35.5. The summed E-state index contributed by atoms with van der Waals surface area (Å²) in [6, 6.07) is 13.1. The van der Waals surface area contributed by atoms with Gasteiger partial charge in [0.15, 0.2) is 6.10 Å². The summed E-state index contributed by atoms with van der Waals surface area (Å²) in [5.41, 5.74) is 1.57. The van der Waals surface area contributed by atoms with Crippen molar-refractivity contribution in [1.82, 2.24) is 14.8 Å². The summed E-state index contributed by atoms with van der Waals surface area (Å²) < 4.78 is 10.7. The number of halogens is 1. The molecule has 0 radical (unpaired) electrons. The fourth-order valence-electron chi connectivity index (χ4n) is 5.29. The Kier molecular flexibility index (Phi) is 7.49. The predicted octanol–water partition coefficient (Wildman–Crippen LogP) is 3.28. The molecule has 2 unspecified atom stereocenters.